The quantitative estimate of drug-likeness (QED) is 0.579. The van der Waals surface area contributed by atoms with Gasteiger partial charge in [-0.25, -0.2) is 10.2 Å². The van der Waals surface area contributed by atoms with Crippen molar-refractivity contribution in [3.05, 3.63) is 34.4 Å². The molecule has 0 spiro atoms. The molecular formula is C12H17N3O. The Hall–Kier alpha value is -1.84. The van der Waals surface area contributed by atoms with Gasteiger partial charge in [0.15, 0.2) is 0 Å². The Labute approximate surface area is 95.5 Å². The first-order valence-corrected chi connectivity index (χ1v) is 5.09. The van der Waals surface area contributed by atoms with Gasteiger partial charge >= 0.3 is 6.03 Å². The van der Waals surface area contributed by atoms with Gasteiger partial charge in [0.05, 0.1) is 5.71 Å². The third kappa shape index (κ3) is 2.82. The lowest BCUT2D eigenvalue weighted by Gasteiger charge is -2.09. The predicted octanol–water partition coefficient (Wildman–Crippen LogP) is 2.00. The van der Waals surface area contributed by atoms with Crippen LogP contribution in [0.2, 0.25) is 0 Å². The standard InChI is InChI=1S/C12H17N3O/c1-7-5-9(3)11(6-8(7)2)10(4)14-15-12(13)16/h5-6H,1-4H3,(H3,13,15,16)/b14-10-. The number of aryl methyl sites for hydroxylation is 3. The van der Waals surface area contributed by atoms with Gasteiger partial charge in [0.2, 0.25) is 0 Å². The zero-order chi connectivity index (χ0) is 12.3. The molecule has 1 aromatic carbocycles. The summed E-state index contributed by atoms with van der Waals surface area (Å²) in [6, 6.07) is 3.51. The molecule has 4 nitrogen and oxygen atoms in total. The number of carbonyl (C=O) groups is 1. The number of primary amides is 1. The number of nitrogens with zero attached hydrogens (tertiary/aromatic N) is 1. The molecular weight excluding hydrogens is 202 g/mol. The predicted molar refractivity (Wildman–Crippen MR) is 65.6 cm³/mol. The summed E-state index contributed by atoms with van der Waals surface area (Å²) in [7, 11) is 0. The van der Waals surface area contributed by atoms with Gasteiger partial charge in [0.1, 0.15) is 0 Å². The van der Waals surface area contributed by atoms with Gasteiger partial charge in [0.25, 0.3) is 0 Å². The van der Waals surface area contributed by atoms with Crippen LogP contribution in [0.25, 0.3) is 0 Å². The van der Waals surface area contributed by atoms with E-state index in [1.165, 1.54) is 11.1 Å². The Kier molecular flexibility index (Phi) is 3.66. The summed E-state index contributed by atoms with van der Waals surface area (Å²) < 4.78 is 0. The molecule has 86 valence electrons. The van der Waals surface area contributed by atoms with E-state index in [1.807, 2.05) is 20.8 Å². The highest BCUT2D eigenvalue weighted by molar-refractivity contribution is 6.00. The molecule has 1 rings (SSSR count). The molecule has 0 saturated carbocycles. The maximum absolute atomic E-state index is 10.5. The fraction of sp³-hybridized carbons (Fsp3) is 0.333. The lowest BCUT2D eigenvalue weighted by Crippen LogP contribution is -2.25. The number of nitrogens with one attached hydrogen (secondary N) is 1. The SMILES string of the molecule is C/C(=N/NC(N)=O)c1cc(C)c(C)cc1C. The van der Waals surface area contributed by atoms with Crippen molar-refractivity contribution in [2.24, 2.45) is 10.8 Å². The summed E-state index contributed by atoms with van der Waals surface area (Å²) in [5.41, 5.74) is 12.5. The van der Waals surface area contributed by atoms with Gasteiger partial charge in [-0.05, 0) is 50.5 Å². The molecule has 4 heteroatoms. The number of rotatable bonds is 2. The number of amides is 2. The van der Waals surface area contributed by atoms with E-state index in [9.17, 15) is 4.79 Å². The molecule has 0 bridgehead atoms. The second kappa shape index (κ2) is 4.79. The number of carbonyl (C=O) groups excluding carboxylic acids is 1. The molecule has 0 unspecified atom stereocenters. The van der Waals surface area contributed by atoms with Crippen LogP contribution in [0.3, 0.4) is 0 Å². The third-order valence-electron chi connectivity index (χ3n) is 2.56. The summed E-state index contributed by atoms with van der Waals surface area (Å²) in [4.78, 5) is 10.5. The second-order valence-corrected chi connectivity index (χ2v) is 3.92. The minimum Gasteiger partial charge on any atom is -0.350 e. The Bertz CT molecular complexity index is 450. The van der Waals surface area contributed by atoms with Crippen molar-refractivity contribution in [1.82, 2.24) is 5.43 Å². The molecule has 0 radical (unpaired) electrons. The van der Waals surface area contributed by atoms with E-state index >= 15 is 0 Å². The van der Waals surface area contributed by atoms with E-state index in [-0.39, 0.29) is 0 Å². The minimum atomic E-state index is -0.652. The van der Waals surface area contributed by atoms with Crippen molar-refractivity contribution in [1.29, 1.82) is 0 Å². The van der Waals surface area contributed by atoms with Gasteiger partial charge < -0.3 is 5.73 Å². The molecule has 0 saturated heterocycles. The monoisotopic (exact) mass is 219 g/mol. The molecule has 0 aliphatic carbocycles. The van der Waals surface area contributed by atoms with Crippen LogP contribution in [0, 0.1) is 20.8 Å². The highest BCUT2D eigenvalue weighted by Gasteiger charge is 2.05. The van der Waals surface area contributed by atoms with Crippen LogP contribution in [-0.2, 0) is 0 Å². The van der Waals surface area contributed by atoms with Crippen LogP contribution in [0.15, 0.2) is 17.2 Å². The van der Waals surface area contributed by atoms with Crippen molar-refractivity contribution < 1.29 is 4.79 Å². The van der Waals surface area contributed by atoms with Gasteiger partial charge in [-0.2, -0.15) is 5.10 Å². The number of urea groups is 1. The van der Waals surface area contributed by atoms with Crippen molar-refractivity contribution >= 4 is 11.7 Å². The maximum atomic E-state index is 10.5. The Morgan fingerprint density at radius 1 is 1.19 bits per heavy atom. The third-order valence-corrected chi connectivity index (χ3v) is 2.56. The lowest BCUT2D eigenvalue weighted by molar-refractivity contribution is 0.249. The molecule has 0 fully saturated rings. The summed E-state index contributed by atoms with van der Waals surface area (Å²) in [6.45, 7) is 7.98. The van der Waals surface area contributed by atoms with Crippen LogP contribution in [0.1, 0.15) is 29.2 Å². The van der Waals surface area contributed by atoms with Crippen LogP contribution < -0.4 is 11.2 Å². The molecule has 0 aromatic heterocycles. The first-order chi connectivity index (χ1) is 7.41. The van der Waals surface area contributed by atoms with E-state index in [0.29, 0.717) is 0 Å². The van der Waals surface area contributed by atoms with Crippen molar-refractivity contribution in [3.63, 3.8) is 0 Å². The highest BCUT2D eigenvalue weighted by atomic mass is 16.2. The van der Waals surface area contributed by atoms with Crippen LogP contribution in [-0.4, -0.2) is 11.7 Å². The highest BCUT2D eigenvalue weighted by Crippen LogP contribution is 2.15. The summed E-state index contributed by atoms with van der Waals surface area (Å²) >= 11 is 0. The number of hydrazone groups is 1. The van der Waals surface area contributed by atoms with Gasteiger partial charge in [-0.1, -0.05) is 6.07 Å². The fourth-order valence-corrected chi connectivity index (χ4v) is 1.55. The van der Waals surface area contributed by atoms with Crippen LogP contribution >= 0.6 is 0 Å². The molecule has 2 amide bonds. The average molecular weight is 219 g/mol. The molecule has 1 aromatic rings. The van der Waals surface area contributed by atoms with E-state index in [0.717, 1.165) is 16.8 Å². The second-order valence-electron chi connectivity index (χ2n) is 3.92. The topological polar surface area (TPSA) is 67.5 Å². The van der Waals surface area contributed by atoms with Gasteiger partial charge in [-0.3, -0.25) is 0 Å². The maximum Gasteiger partial charge on any atom is 0.332 e. The summed E-state index contributed by atoms with van der Waals surface area (Å²) in [6.07, 6.45) is 0. The molecule has 0 atom stereocenters. The molecule has 0 heterocycles. The van der Waals surface area contributed by atoms with Crippen molar-refractivity contribution in [2.75, 3.05) is 0 Å². The summed E-state index contributed by atoms with van der Waals surface area (Å²) in [5, 5.41) is 3.92. The first-order valence-electron chi connectivity index (χ1n) is 5.09. The molecule has 0 aliphatic rings. The Morgan fingerprint density at radius 3 is 2.31 bits per heavy atom. The first kappa shape index (κ1) is 12.2. The molecule has 0 aliphatic heterocycles. The van der Waals surface area contributed by atoms with Crippen molar-refractivity contribution in [3.8, 4) is 0 Å². The number of hydrogen-bond donors (Lipinski definition) is 2. The lowest BCUT2D eigenvalue weighted by atomic mass is 9.98. The number of hydrogen-bond acceptors (Lipinski definition) is 2. The Morgan fingerprint density at radius 2 is 1.75 bits per heavy atom. The van der Waals surface area contributed by atoms with Gasteiger partial charge in [-0.15, -0.1) is 0 Å². The number of nitrogens with two attached hydrogens (primary N) is 1. The van der Waals surface area contributed by atoms with E-state index < -0.39 is 6.03 Å². The van der Waals surface area contributed by atoms with E-state index in [2.05, 4.69) is 29.6 Å². The smallest absolute Gasteiger partial charge is 0.332 e. The average Bonchev–Trinajstić information content (AvgIpc) is 2.20. The zero-order valence-electron chi connectivity index (χ0n) is 10.1. The number of benzene rings is 1. The molecule has 3 N–H and O–H groups in total. The fourth-order valence-electron chi connectivity index (χ4n) is 1.55. The largest absolute Gasteiger partial charge is 0.350 e. The van der Waals surface area contributed by atoms with Crippen molar-refractivity contribution in [2.45, 2.75) is 27.7 Å². The van der Waals surface area contributed by atoms with E-state index in [1.54, 1.807) is 0 Å². The Balaban J connectivity index is 3.08. The zero-order valence-corrected chi connectivity index (χ0v) is 10.1. The summed E-state index contributed by atoms with van der Waals surface area (Å²) in [5.74, 6) is 0. The normalized spacial score (nSPS) is 11.4. The van der Waals surface area contributed by atoms with Crippen LogP contribution in [0.5, 0.6) is 0 Å². The van der Waals surface area contributed by atoms with Gasteiger partial charge in [0, 0.05) is 5.56 Å². The minimum absolute atomic E-state index is 0.652. The molecule has 16 heavy (non-hydrogen) atoms. The van der Waals surface area contributed by atoms with E-state index in [4.69, 9.17) is 5.73 Å². The van der Waals surface area contributed by atoms with Crippen LogP contribution in [0.4, 0.5) is 4.79 Å².